The Labute approximate surface area is 142 Å². The number of nitrogens with zero attached hydrogens (tertiary/aromatic N) is 1. The van der Waals surface area contributed by atoms with Gasteiger partial charge >= 0.3 is 0 Å². The molecule has 0 atom stereocenters. The average Bonchev–Trinajstić information content (AvgIpc) is 2.50. The predicted octanol–water partition coefficient (Wildman–Crippen LogP) is 4.24. The van der Waals surface area contributed by atoms with Crippen LogP contribution in [0.3, 0.4) is 0 Å². The second-order valence-electron chi connectivity index (χ2n) is 5.41. The van der Waals surface area contributed by atoms with Crippen LogP contribution in [0.5, 0.6) is 0 Å². The van der Waals surface area contributed by atoms with E-state index in [1.165, 1.54) is 18.2 Å². The molecule has 0 unspecified atom stereocenters. The molecule has 0 aromatic heterocycles. The molecular formula is C17H24ClFN2O2. The first kappa shape index (κ1) is 19.4. The Morgan fingerprint density at radius 1 is 1.17 bits per heavy atom. The third-order valence-electron chi connectivity index (χ3n) is 3.34. The quantitative estimate of drug-likeness (QED) is 0.729. The van der Waals surface area contributed by atoms with Crippen molar-refractivity contribution in [1.82, 2.24) is 4.90 Å². The SMILES string of the molecule is CCCN(CCC)C(=O)CCCC(=O)Nc1ccc(F)c(Cl)c1. The minimum absolute atomic E-state index is 0.0345. The molecule has 6 heteroatoms. The standard InChI is InChI=1S/C17H24ClFN2O2/c1-3-10-21(11-4-2)17(23)7-5-6-16(22)20-13-8-9-15(19)14(18)12-13/h8-9,12H,3-7,10-11H2,1-2H3,(H,20,22). The number of hydrogen-bond donors (Lipinski definition) is 1. The van der Waals surface area contributed by atoms with Crippen LogP contribution in [0.2, 0.25) is 5.02 Å². The fourth-order valence-corrected chi connectivity index (χ4v) is 2.44. The Bertz CT molecular complexity index is 531. The maximum Gasteiger partial charge on any atom is 0.224 e. The van der Waals surface area contributed by atoms with Gasteiger partial charge in [0, 0.05) is 31.6 Å². The highest BCUT2D eigenvalue weighted by molar-refractivity contribution is 6.31. The van der Waals surface area contributed by atoms with Crippen molar-refractivity contribution in [2.45, 2.75) is 46.0 Å². The molecule has 1 rings (SSSR count). The summed E-state index contributed by atoms with van der Waals surface area (Å²) in [6, 6.07) is 4.02. The van der Waals surface area contributed by atoms with Crippen LogP contribution in [0.15, 0.2) is 18.2 Å². The predicted molar refractivity (Wildman–Crippen MR) is 91.1 cm³/mol. The Kier molecular flexibility index (Phi) is 8.62. The van der Waals surface area contributed by atoms with Crippen LogP contribution in [-0.4, -0.2) is 29.8 Å². The maximum absolute atomic E-state index is 13.0. The van der Waals surface area contributed by atoms with Gasteiger partial charge in [-0.05, 0) is 37.5 Å². The van der Waals surface area contributed by atoms with Gasteiger partial charge in [-0.2, -0.15) is 0 Å². The lowest BCUT2D eigenvalue weighted by molar-refractivity contribution is -0.131. The van der Waals surface area contributed by atoms with E-state index in [4.69, 9.17) is 11.6 Å². The number of rotatable bonds is 9. The second-order valence-corrected chi connectivity index (χ2v) is 5.82. The highest BCUT2D eigenvalue weighted by atomic mass is 35.5. The minimum atomic E-state index is -0.526. The summed E-state index contributed by atoms with van der Waals surface area (Å²) in [7, 11) is 0. The van der Waals surface area contributed by atoms with Gasteiger partial charge in [-0.25, -0.2) is 4.39 Å². The zero-order valence-corrected chi connectivity index (χ0v) is 14.5. The minimum Gasteiger partial charge on any atom is -0.343 e. The van der Waals surface area contributed by atoms with Gasteiger partial charge in [0.15, 0.2) is 0 Å². The van der Waals surface area contributed by atoms with Crippen molar-refractivity contribution in [3.8, 4) is 0 Å². The van der Waals surface area contributed by atoms with E-state index in [2.05, 4.69) is 5.32 Å². The molecular weight excluding hydrogens is 319 g/mol. The molecule has 0 fully saturated rings. The molecule has 1 N–H and O–H groups in total. The average molecular weight is 343 g/mol. The molecule has 0 aliphatic rings. The van der Waals surface area contributed by atoms with Gasteiger partial charge in [-0.3, -0.25) is 9.59 Å². The van der Waals surface area contributed by atoms with Crippen molar-refractivity contribution in [1.29, 1.82) is 0 Å². The lowest BCUT2D eigenvalue weighted by Crippen LogP contribution is -2.32. The Hall–Kier alpha value is -1.62. The smallest absolute Gasteiger partial charge is 0.224 e. The number of anilines is 1. The van der Waals surface area contributed by atoms with Gasteiger partial charge in [0.05, 0.1) is 5.02 Å². The second kappa shape index (κ2) is 10.2. The summed E-state index contributed by atoms with van der Waals surface area (Å²) in [4.78, 5) is 25.8. The van der Waals surface area contributed by atoms with E-state index < -0.39 is 5.82 Å². The van der Waals surface area contributed by atoms with Gasteiger partial charge < -0.3 is 10.2 Å². The van der Waals surface area contributed by atoms with Crippen molar-refractivity contribution in [3.05, 3.63) is 29.0 Å². The van der Waals surface area contributed by atoms with Crippen LogP contribution >= 0.6 is 11.6 Å². The Balaban J connectivity index is 2.38. The Morgan fingerprint density at radius 3 is 2.39 bits per heavy atom. The molecule has 0 saturated carbocycles. The largest absolute Gasteiger partial charge is 0.343 e. The van der Waals surface area contributed by atoms with Crippen LogP contribution in [0.1, 0.15) is 46.0 Å². The third kappa shape index (κ3) is 6.99. The van der Waals surface area contributed by atoms with Crippen molar-refractivity contribution in [2.24, 2.45) is 0 Å². The highest BCUT2D eigenvalue weighted by Crippen LogP contribution is 2.19. The number of halogens is 2. The number of hydrogen-bond acceptors (Lipinski definition) is 2. The van der Waals surface area contributed by atoms with E-state index in [0.29, 0.717) is 18.5 Å². The summed E-state index contributed by atoms with van der Waals surface area (Å²) in [6.07, 6.45) is 2.95. The molecule has 1 aromatic carbocycles. The zero-order chi connectivity index (χ0) is 17.2. The van der Waals surface area contributed by atoms with Gasteiger partial charge in [0.2, 0.25) is 11.8 Å². The summed E-state index contributed by atoms with van der Waals surface area (Å²) >= 11 is 5.66. The summed E-state index contributed by atoms with van der Waals surface area (Å²) in [5.74, 6) is -0.647. The molecule has 23 heavy (non-hydrogen) atoms. The van der Waals surface area contributed by atoms with E-state index in [0.717, 1.165) is 25.9 Å². The molecule has 0 bridgehead atoms. The van der Waals surface area contributed by atoms with Crippen molar-refractivity contribution in [3.63, 3.8) is 0 Å². The highest BCUT2D eigenvalue weighted by Gasteiger charge is 2.12. The molecule has 4 nitrogen and oxygen atoms in total. The third-order valence-corrected chi connectivity index (χ3v) is 3.63. The first-order valence-electron chi connectivity index (χ1n) is 8.00. The van der Waals surface area contributed by atoms with Gasteiger partial charge in [0.25, 0.3) is 0 Å². The molecule has 128 valence electrons. The molecule has 0 aliphatic heterocycles. The summed E-state index contributed by atoms with van der Waals surface area (Å²) < 4.78 is 13.0. The molecule has 0 saturated heterocycles. The summed E-state index contributed by atoms with van der Waals surface area (Å²) in [5, 5.41) is 2.61. The fourth-order valence-electron chi connectivity index (χ4n) is 2.26. The number of amides is 2. The maximum atomic E-state index is 13.0. The first-order chi connectivity index (χ1) is 11.0. The lowest BCUT2D eigenvalue weighted by Gasteiger charge is -2.21. The van der Waals surface area contributed by atoms with Gasteiger partial charge in [0.1, 0.15) is 5.82 Å². The monoisotopic (exact) mass is 342 g/mol. The van der Waals surface area contributed by atoms with Gasteiger partial charge in [-0.15, -0.1) is 0 Å². The van der Waals surface area contributed by atoms with Crippen molar-refractivity contribution < 1.29 is 14.0 Å². The summed E-state index contributed by atoms with van der Waals surface area (Å²) in [5.41, 5.74) is 0.450. The normalized spacial score (nSPS) is 10.4. The Morgan fingerprint density at radius 2 is 1.83 bits per heavy atom. The van der Waals surface area contributed by atoms with Gasteiger partial charge in [-0.1, -0.05) is 25.4 Å². The molecule has 0 heterocycles. The number of carbonyl (C=O) groups is 2. The van der Waals surface area contributed by atoms with E-state index in [1.807, 2.05) is 18.7 Å². The van der Waals surface area contributed by atoms with Crippen LogP contribution in [-0.2, 0) is 9.59 Å². The van der Waals surface area contributed by atoms with E-state index in [1.54, 1.807) is 0 Å². The molecule has 2 amide bonds. The summed E-state index contributed by atoms with van der Waals surface area (Å²) in [6.45, 7) is 5.59. The van der Waals surface area contributed by atoms with Crippen LogP contribution in [0, 0.1) is 5.82 Å². The van der Waals surface area contributed by atoms with Crippen molar-refractivity contribution >= 4 is 29.1 Å². The van der Waals surface area contributed by atoms with E-state index in [9.17, 15) is 14.0 Å². The number of nitrogens with one attached hydrogen (secondary N) is 1. The fraction of sp³-hybridized carbons (Fsp3) is 0.529. The topological polar surface area (TPSA) is 49.4 Å². The van der Waals surface area contributed by atoms with Crippen LogP contribution < -0.4 is 5.32 Å². The van der Waals surface area contributed by atoms with Crippen LogP contribution in [0.4, 0.5) is 10.1 Å². The number of benzene rings is 1. The van der Waals surface area contributed by atoms with Crippen molar-refractivity contribution in [2.75, 3.05) is 18.4 Å². The van der Waals surface area contributed by atoms with E-state index in [-0.39, 0.29) is 23.3 Å². The first-order valence-corrected chi connectivity index (χ1v) is 8.38. The molecule has 0 radical (unpaired) electrons. The van der Waals surface area contributed by atoms with E-state index >= 15 is 0 Å². The molecule has 0 aliphatic carbocycles. The van der Waals surface area contributed by atoms with Crippen LogP contribution in [0.25, 0.3) is 0 Å². The molecule has 0 spiro atoms. The molecule has 1 aromatic rings. The lowest BCUT2D eigenvalue weighted by atomic mass is 10.2. The number of carbonyl (C=O) groups excluding carboxylic acids is 2. The zero-order valence-electron chi connectivity index (χ0n) is 13.7.